The fraction of sp³-hybridized carbons (Fsp3) is 0.444. The van der Waals surface area contributed by atoms with Crippen molar-refractivity contribution in [1.82, 2.24) is 9.13 Å². The Bertz CT molecular complexity index is 1260. The molecule has 1 aromatic carbocycles. The van der Waals surface area contributed by atoms with Gasteiger partial charge in [0.2, 0.25) is 0 Å². The molecule has 3 rings (SSSR count). The first-order chi connectivity index (χ1) is 14.9. The Kier molecular flexibility index (Phi) is 5.55. The second kappa shape index (κ2) is 7.86. The van der Waals surface area contributed by atoms with Crippen molar-refractivity contribution in [3.63, 3.8) is 0 Å². The molecule has 0 amide bonds. The molecule has 0 aliphatic rings. The molecule has 0 N–H and O–H groups in total. The SMILES string of the molecule is CC(O[N+](=O)[O-])C(C)n1c(=O)c2cc3c(=O)n(C(C)C(C)O[N+](=O)[O-])c(=O)c3cc2c1=O. The Morgan fingerprint density at radius 3 is 1.12 bits per heavy atom. The quantitative estimate of drug-likeness (QED) is 0.340. The molecule has 4 unspecified atom stereocenters. The molecule has 0 radical (unpaired) electrons. The van der Waals surface area contributed by atoms with Gasteiger partial charge in [0, 0.05) is 0 Å². The van der Waals surface area contributed by atoms with Gasteiger partial charge in [-0.1, -0.05) is 0 Å². The van der Waals surface area contributed by atoms with Crippen LogP contribution in [0.15, 0.2) is 31.3 Å². The highest BCUT2D eigenvalue weighted by Gasteiger charge is 2.28. The summed E-state index contributed by atoms with van der Waals surface area (Å²) in [6.07, 6.45) is -2.25. The lowest BCUT2D eigenvalue weighted by molar-refractivity contribution is -0.769. The zero-order valence-electron chi connectivity index (χ0n) is 17.3. The Morgan fingerprint density at radius 2 is 0.906 bits per heavy atom. The maximum atomic E-state index is 12.8. The number of fused-ring (bicyclic) bond motifs is 2. The summed E-state index contributed by atoms with van der Waals surface area (Å²) >= 11 is 0. The monoisotopic (exact) mass is 450 g/mol. The molecule has 0 aliphatic heterocycles. The van der Waals surface area contributed by atoms with Crippen LogP contribution in [0.4, 0.5) is 0 Å². The lowest BCUT2D eigenvalue weighted by Crippen LogP contribution is -2.36. The maximum absolute atomic E-state index is 12.8. The second-order valence-electron chi connectivity index (χ2n) is 7.45. The van der Waals surface area contributed by atoms with E-state index in [-0.39, 0.29) is 21.5 Å². The smallest absolute Gasteiger partial charge is 0.294 e. The van der Waals surface area contributed by atoms with Crippen molar-refractivity contribution in [2.75, 3.05) is 0 Å². The minimum Gasteiger partial charge on any atom is -0.309 e. The molecule has 170 valence electrons. The van der Waals surface area contributed by atoms with Crippen LogP contribution in [-0.2, 0) is 9.68 Å². The Balaban J connectivity index is 2.21. The molecule has 14 heteroatoms. The van der Waals surface area contributed by atoms with Crippen LogP contribution < -0.4 is 22.2 Å². The van der Waals surface area contributed by atoms with Gasteiger partial charge in [-0.3, -0.25) is 28.3 Å². The molecular formula is C18H18N4O10. The highest BCUT2D eigenvalue weighted by Crippen LogP contribution is 2.19. The summed E-state index contributed by atoms with van der Waals surface area (Å²) < 4.78 is 1.55. The van der Waals surface area contributed by atoms with Gasteiger partial charge >= 0.3 is 0 Å². The molecule has 4 atom stereocenters. The van der Waals surface area contributed by atoms with E-state index < -0.39 is 56.7 Å². The molecule has 3 aromatic rings. The first kappa shape index (κ1) is 22.6. The highest BCUT2D eigenvalue weighted by atomic mass is 17.0. The van der Waals surface area contributed by atoms with Crippen molar-refractivity contribution in [2.45, 2.75) is 52.0 Å². The van der Waals surface area contributed by atoms with Gasteiger partial charge in [-0.25, -0.2) is 0 Å². The third-order valence-electron chi connectivity index (χ3n) is 5.63. The van der Waals surface area contributed by atoms with Gasteiger partial charge in [0.1, 0.15) is 12.2 Å². The molecule has 0 fully saturated rings. The second-order valence-corrected chi connectivity index (χ2v) is 7.45. The summed E-state index contributed by atoms with van der Waals surface area (Å²) in [4.78, 5) is 81.4. The lowest BCUT2D eigenvalue weighted by atomic mass is 10.1. The third-order valence-corrected chi connectivity index (χ3v) is 5.63. The molecule has 32 heavy (non-hydrogen) atoms. The lowest BCUT2D eigenvalue weighted by Gasteiger charge is -2.18. The topological polar surface area (TPSA) is 183 Å². The summed E-state index contributed by atoms with van der Waals surface area (Å²) in [6, 6.07) is 0.210. The standard InChI is InChI=1S/C18H18N4O10/c1-7(9(3)31-21(27)28)19-15(23)11-5-13-14(6-12(11)16(19)24)18(26)20(17(13)25)8(2)10(4)32-22(29)30/h5-10H,1-4H3. The van der Waals surface area contributed by atoms with Gasteiger partial charge < -0.3 is 9.68 Å². The van der Waals surface area contributed by atoms with Gasteiger partial charge in [-0.2, -0.15) is 0 Å². The highest BCUT2D eigenvalue weighted by molar-refractivity contribution is 5.97. The van der Waals surface area contributed by atoms with Gasteiger partial charge in [0.05, 0.1) is 33.6 Å². The van der Waals surface area contributed by atoms with Crippen molar-refractivity contribution in [3.05, 3.63) is 73.8 Å². The molecule has 0 saturated heterocycles. The molecule has 2 aromatic heterocycles. The largest absolute Gasteiger partial charge is 0.309 e. The number of nitrogens with zero attached hydrogens (tertiary/aromatic N) is 4. The number of rotatable bonds is 8. The van der Waals surface area contributed by atoms with Gasteiger partial charge in [0.15, 0.2) is 0 Å². The van der Waals surface area contributed by atoms with Crippen LogP contribution >= 0.6 is 0 Å². The van der Waals surface area contributed by atoms with Crippen molar-refractivity contribution >= 4 is 21.5 Å². The van der Waals surface area contributed by atoms with Crippen molar-refractivity contribution in [2.24, 2.45) is 0 Å². The molecule has 0 saturated carbocycles. The Hall–Kier alpha value is -4.10. The van der Waals surface area contributed by atoms with E-state index in [0.717, 1.165) is 21.3 Å². The number of aromatic nitrogens is 2. The molecule has 14 nitrogen and oxygen atoms in total. The van der Waals surface area contributed by atoms with Crippen molar-refractivity contribution < 1.29 is 19.8 Å². The predicted molar refractivity (Wildman–Crippen MR) is 109 cm³/mol. The zero-order chi connectivity index (χ0) is 24.1. The first-order valence-electron chi connectivity index (χ1n) is 9.42. The van der Waals surface area contributed by atoms with Crippen molar-refractivity contribution in [1.29, 1.82) is 0 Å². The van der Waals surface area contributed by atoms with E-state index in [4.69, 9.17) is 0 Å². The van der Waals surface area contributed by atoms with Crippen LogP contribution in [0.1, 0.15) is 39.8 Å². The zero-order valence-corrected chi connectivity index (χ0v) is 17.3. The Labute approximate surface area is 177 Å². The first-order valence-corrected chi connectivity index (χ1v) is 9.42. The summed E-state index contributed by atoms with van der Waals surface area (Å²) in [7, 11) is 0. The Morgan fingerprint density at radius 1 is 0.656 bits per heavy atom. The van der Waals surface area contributed by atoms with Crippen LogP contribution in [0, 0.1) is 20.2 Å². The van der Waals surface area contributed by atoms with Crippen LogP contribution in [-0.4, -0.2) is 31.5 Å². The van der Waals surface area contributed by atoms with E-state index >= 15 is 0 Å². The van der Waals surface area contributed by atoms with Gasteiger partial charge in [0.25, 0.3) is 32.4 Å². The van der Waals surface area contributed by atoms with E-state index in [9.17, 15) is 39.4 Å². The minimum absolute atomic E-state index is 0.140. The van der Waals surface area contributed by atoms with Crippen molar-refractivity contribution in [3.8, 4) is 0 Å². The van der Waals surface area contributed by atoms with Crippen LogP contribution in [0.25, 0.3) is 21.5 Å². The normalized spacial score (nSPS) is 15.4. The van der Waals surface area contributed by atoms with E-state index in [1.807, 2.05) is 0 Å². The summed E-state index contributed by atoms with van der Waals surface area (Å²) in [5.41, 5.74) is -3.18. The van der Waals surface area contributed by atoms with E-state index in [2.05, 4.69) is 9.68 Å². The summed E-state index contributed by atoms with van der Waals surface area (Å²) in [6.45, 7) is 5.41. The summed E-state index contributed by atoms with van der Waals surface area (Å²) in [5, 5.41) is 18.5. The number of hydrogen-bond donors (Lipinski definition) is 0. The average Bonchev–Trinajstić information content (AvgIpc) is 3.09. The predicted octanol–water partition coefficient (Wildman–Crippen LogP) is 0.228. The van der Waals surface area contributed by atoms with Crippen LogP contribution in [0.2, 0.25) is 0 Å². The van der Waals surface area contributed by atoms with Crippen LogP contribution in [0.3, 0.4) is 0 Å². The van der Waals surface area contributed by atoms with Gasteiger partial charge in [-0.05, 0) is 39.8 Å². The molecular weight excluding hydrogens is 432 g/mol. The van der Waals surface area contributed by atoms with E-state index in [1.165, 1.54) is 27.7 Å². The number of benzene rings is 1. The molecule has 0 bridgehead atoms. The molecule has 0 aliphatic carbocycles. The molecule has 0 spiro atoms. The molecule has 2 heterocycles. The van der Waals surface area contributed by atoms with E-state index in [1.54, 1.807) is 0 Å². The minimum atomic E-state index is -1.12. The van der Waals surface area contributed by atoms with Gasteiger partial charge in [-0.15, -0.1) is 20.2 Å². The summed E-state index contributed by atoms with van der Waals surface area (Å²) in [5.74, 6) is 0. The van der Waals surface area contributed by atoms with Crippen LogP contribution in [0.5, 0.6) is 0 Å². The van der Waals surface area contributed by atoms with E-state index in [0.29, 0.717) is 0 Å². The fourth-order valence-corrected chi connectivity index (χ4v) is 3.62. The number of hydrogen-bond acceptors (Lipinski definition) is 10. The third kappa shape index (κ3) is 3.48. The fourth-order valence-electron chi connectivity index (χ4n) is 3.62. The average molecular weight is 450 g/mol. The maximum Gasteiger partial charge on any atom is 0.294 e.